The number of aromatic nitrogens is 2. The van der Waals surface area contributed by atoms with E-state index in [9.17, 15) is 22.0 Å². The van der Waals surface area contributed by atoms with Gasteiger partial charge in [-0.15, -0.1) is 0 Å². The van der Waals surface area contributed by atoms with E-state index < -0.39 is 27.6 Å². The maximum absolute atomic E-state index is 13.7. The van der Waals surface area contributed by atoms with Crippen LogP contribution in [0.3, 0.4) is 0 Å². The third-order valence-corrected chi connectivity index (χ3v) is 7.68. The number of sulfonamides is 1. The van der Waals surface area contributed by atoms with E-state index in [1.165, 1.54) is 15.1 Å². The molecule has 2 heterocycles. The highest BCUT2D eigenvalue weighted by Gasteiger charge is 2.29. The van der Waals surface area contributed by atoms with Crippen LogP contribution in [0.1, 0.15) is 34.6 Å². The summed E-state index contributed by atoms with van der Waals surface area (Å²) in [6, 6.07) is 10.1. The van der Waals surface area contributed by atoms with Gasteiger partial charge in [0.05, 0.1) is 17.1 Å². The van der Waals surface area contributed by atoms with Crippen molar-refractivity contribution in [1.29, 1.82) is 0 Å². The summed E-state index contributed by atoms with van der Waals surface area (Å²) in [5, 5.41) is 7.19. The van der Waals surface area contributed by atoms with Gasteiger partial charge in [0, 0.05) is 29.6 Å². The molecule has 7 nitrogen and oxygen atoms in total. The number of rotatable bonds is 4. The molecule has 5 rings (SSSR count). The molecular formula is C22H20F2N4O3S. The van der Waals surface area contributed by atoms with Gasteiger partial charge in [0.15, 0.2) is 17.3 Å². The maximum atomic E-state index is 13.7. The first-order valence-electron chi connectivity index (χ1n) is 10.3. The molecule has 1 fully saturated rings. The molecule has 10 heteroatoms. The van der Waals surface area contributed by atoms with Gasteiger partial charge < -0.3 is 5.32 Å². The molecule has 1 aliphatic heterocycles. The van der Waals surface area contributed by atoms with E-state index in [0.717, 1.165) is 29.8 Å². The number of hydrogen-bond acceptors (Lipinski definition) is 4. The monoisotopic (exact) mass is 458 g/mol. The van der Waals surface area contributed by atoms with Gasteiger partial charge in [0.1, 0.15) is 0 Å². The van der Waals surface area contributed by atoms with E-state index in [0.29, 0.717) is 42.9 Å². The summed E-state index contributed by atoms with van der Waals surface area (Å²) < 4.78 is 54.1. The van der Waals surface area contributed by atoms with Gasteiger partial charge in [-0.25, -0.2) is 21.9 Å². The number of nitrogens with one attached hydrogen (secondary N) is 1. The first kappa shape index (κ1) is 20.6. The standard InChI is InChI=1S/C22H20F2N4O3S/c23-18-10-9-16(13-19(18)24)28-20-4-1-3-17(20)21(26-28)22(29)25-14-5-7-15(8-6-14)27-11-2-12-32(27,30)31/h5-10,13H,1-4,11-12H2,(H,25,29). The van der Waals surface area contributed by atoms with Crippen LogP contribution in [0.2, 0.25) is 0 Å². The summed E-state index contributed by atoms with van der Waals surface area (Å²) in [5.74, 6) is -2.19. The number of anilines is 2. The first-order chi connectivity index (χ1) is 15.3. The molecule has 0 saturated carbocycles. The van der Waals surface area contributed by atoms with Crippen LogP contribution in [0.25, 0.3) is 5.69 Å². The molecule has 0 spiro atoms. The minimum absolute atomic E-state index is 0.136. The fourth-order valence-corrected chi connectivity index (χ4v) is 5.85. The Morgan fingerprint density at radius 3 is 2.41 bits per heavy atom. The summed E-state index contributed by atoms with van der Waals surface area (Å²) in [6.45, 7) is 0.446. The fraction of sp³-hybridized carbons (Fsp3) is 0.273. The molecular weight excluding hydrogens is 438 g/mol. The van der Waals surface area contributed by atoms with Gasteiger partial charge in [-0.3, -0.25) is 9.10 Å². The average molecular weight is 458 g/mol. The Balaban J connectivity index is 1.40. The SMILES string of the molecule is O=C(Nc1ccc(N2CCCS2(=O)=O)cc1)c1nn(-c2ccc(F)c(F)c2)c2c1CCC2. The average Bonchev–Trinajstić information content (AvgIpc) is 3.45. The minimum Gasteiger partial charge on any atom is -0.321 e. The number of hydrogen-bond donors (Lipinski definition) is 1. The largest absolute Gasteiger partial charge is 0.321 e. The number of fused-ring (bicyclic) bond motifs is 1. The molecule has 0 bridgehead atoms. The van der Waals surface area contributed by atoms with Gasteiger partial charge >= 0.3 is 0 Å². The van der Waals surface area contributed by atoms with Gasteiger partial charge in [-0.05, 0) is 62.1 Å². The number of halogens is 2. The molecule has 1 aromatic heterocycles. The molecule has 1 N–H and O–H groups in total. The van der Waals surface area contributed by atoms with Crippen molar-refractivity contribution in [3.63, 3.8) is 0 Å². The van der Waals surface area contributed by atoms with Crippen LogP contribution < -0.4 is 9.62 Å². The van der Waals surface area contributed by atoms with Crippen molar-refractivity contribution in [3.05, 3.63) is 71.1 Å². The third kappa shape index (κ3) is 3.54. The van der Waals surface area contributed by atoms with Crippen molar-refractivity contribution < 1.29 is 22.0 Å². The van der Waals surface area contributed by atoms with Crippen molar-refractivity contribution >= 4 is 27.3 Å². The lowest BCUT2D eigenvalue weighted by atomic mass is 10.2. The van der Waals surface area contributed by atoms with E-state index in [4.69, 9.17) is 0 Å². The zero-order valence-corrected chi connectivity index (χ0v) is 17.8. The van der Waals surface area contributed by atoms with Gasteiger partial charge in [0.2, 0.25) is 10.0 Å². The van der Waals surface area contributed by atoms with Crippen molar-refractivity contribution in [2.75, 3.05) is 21.9 Å². The molecule has 0 unspecified atom stereocenters. The Hall–Kier alpha value is -3.27. The Morgan fingerprint density at radius 2 is 1.72 bits per heavy atom. The zero-order valence-electron chi connectivity index (χ0n) is 17.0. The lowest BCUT2D eigenvalue weighted by molar-refractivity contribution is 0.102. The number of carbonyl (C=O) groups excluding carboxylic acids is 1. The Labute approximate surface area is 183 Å². The molecule has 1 saturated heterocycles. The summed E-state index contributed by atoms with van der Waals surface area (Å²) in [6.07, 6.45) is 2.80. The van der Waals surface area contributed by atoms with E-state index in [1.54, 1.807) is 24.3 Å². The highest BCUT2D eigenvalue weighted by molar-refractivity contribution is 7.93. The number of carbonyl (C=O) groups is 1. The number of nitrogens with zero attached hydrogens (tertiary/aromatic N) is 3. The Bertz CT molecular complexity index is 1320. The minimum atomic E-state index is -3.27. The molecule has 1 aliphatic carbocycles. The highest BCUT2D eigenvalue weighted by atomic mass is 32.2. The number of amides is 1. The molecule has 2 aliphatic rings. The second kappa shape index (κ2) is 7.70. The maximum Gasteiger partial charge on any atom is 0.276 e. The van der Waals surface area contributed by atoms with Crippen LogP contribution in [-0.4, -0.2) is 36.4 Å². The molecule has 32 heavy (non-hydrogen) atoms. The lowest BCUT2D eigenvalue weighted by Gasteiger charge is -2.17. The predicted octanol–water partition coefficient (Wildman–Crippen LogP) is 3.43. The van der Waals surface area contributed by atoms with Crippen molar-refractivity contribution in [2.45, 2.75) is 25.7 Å². The van der Waals surface area contributed by atoms with Gasteiger partial charge in [-0.2, -0.15) is 5.10 Å². The van der Waals surface area contributed by atoms with Crippen LogP contribution in [-0.2, 0) is 22.9 Å². The van der Waals surface area contributed by atoms with Gasteiger partial charge in [0.25, 0.3) is 5.91 Å². The molecule has 2 aromatic carbocycles. The first-order valence-corrected chi connectivity index (χ1v) is 11.9. The van der Waals surface area contributed by atoms with Crippen LogP contribution in [0, 0.1) is 11.6 Å². The fourth-order valence-electron chi connectivity index (χ4n) is 4.28. The smallest absolute Gasteiger partial charge is 0.276 e. The molecule has 0 radical (unpaired) electrons. The topological polar surface area (TPSA) is 84.3 Å². The summed E-state index contributed by atoms with van der Waals surface area (Å²) >= 11 is 0. The summed E-state index contributed by atoms with van der Waals surface area (Å²) in [7, 11) is -3.27. The lowest BCUT2D eigenvalue weighted by Crippen LogP contribution is -2.25. The molecule has 1 amide bonds. The van der Waals surface area contributed by atoms with E-state index in [1.807, 2.05) is 0 Å². The van der Waals surface area contributed by atoms with Crippen molar-refractivity contribution in [1.82, 2.24) is 9.78 Å². The normalized spacial score (nSPS) is 16.9. The predicted molar refractivity (Wildman–Crippen MR) is 116 cm³/mol. The van der Waals surface area contributed by atoms with Crippen molar-refractivity contribution in [2.24, 2.45) is 0 Å². The Morgan fingerprint density at radius 1 is 0.969 bits per heavy atom. The van der Waals surface area contributed by atoms with E-state index in [2.05, 4.69) is 10.4 Å². The van der Waals surface area contributed by atoms with Gasteiger partial charge in [-0.1, -0.05) is 0 Å². The molecule has 166 valence electrons. The third-order valence-electron chi connectivity index (χ3n) is 5.81. The summed E-state index contributed by atoms with van der Waals surface area (Å²) in [5.41, 5.74) is 3.28. The molecule has 0 atom stereocenters. The van der Waals surface area contributed by atoms with E-state index >= 15 is 0 Å². The quantitative estimate of drug-likeness (QED) is 0.649. The Kier molecular flexibility index (Phi) is 4.96. The van der Waals surface area contributed by atoms with Crippen LogP contribution in [0.4, 0.5) is 20.2 Å². The molecule has 3 aromatic rings. The summed E-state index contributed by atoms with van der Waals surface area (Å²) in [4.78, 5) is 13.0. The van der Waals surface area contributed by atoms with Crippen molar-refractivity contribution in [3.8, 4) is 5.69 Å². The zero-order chi connectivity index (χ0) is 22.5. The van der Waals surface area contributed by atoms with E-state index in [-0.39, 0.29) is 11.4 Å². The van der Waals surface area contributed by atoms with Crippen LogP contribution in [0.15, 0.2) is 42.5 Å². The highest BCUT2D eigenvalue weighted by Crippen LogP contribution is 2.30. The number of benzene rings is 2. The second-order valence-electron chi connectivity index (χ2n) is 7.88. The second-order valence-corrected chi connectivity index (χ2v) is 9.89. The van der Waals surface area contributed by atoms with Crippen LogP contribution in [0.5, 0.6) is 0 Å². The van der Waals surface area contributed by atoms with Crippen LogP contribution >= 0.6 is 0 Å².